The Labute approximate surface area is 189 Å². The highest BCUT2D eigenvalue weighted by Gasteiger charge is 2.60. The average molecular weight is 465 g/mol. The summed E-state index contributed by atoms with van der Waals surface area (Å²) in [4.78, 5) is 28.6. The molecule has 1 saturated carbocycles. The molecule has 1 N–H and O–H groups in total. The van der Waals surface area contributed by atoms with Crippen molar-refractivity contribution in [1.82, 2.24) is 14.2 Å². The number of ether oxygens (including phenoxy) is 1. The average Bonchev–Trinajstić information content (AvgIpc) is 3.38. The fraction of sp³-hybridized carbons (Fsp3) is 0.773. The fourth-order valence-electron chi connectivity index (χ4n) is 5.29. The van der Waals surface area contributed by atoms with Gasteiger partial charge in [-0.3, -0.25) is 9.36 Å². The van der Waals surface area contributed by atoms with Gasteiger partial charge in [-0.05, 0) is 31.7 Å². The number of carbonyl (C=O) groups is 1. The zero-order valence-corrected chi connectivity index (χ0v) is 19.9. The van der Waals surface area contributed by atoms with Crippen LogP contribution in [0.2, 0.25) is 0 Å². The maximum atomic E-state index is 12.6. The lowest BCUT2D eigenvalue weighted by molar-refractivity contribution is -0.118. The van der Waals surface area contributed by atoms with Crippen molar-refractivity contribution in [2.75, 3.05) is 11.9 Å². The highest BCUT2D eigenvalue weighted by molar-refractivity contribution is 7.45. The van der Waals surface area contributed by atoms with Crippen LogP contribution in [0.1, 0.15) is 71.9 Å². The molecule has 5 atom stereocenters. The van der Waals surface area contributed by atoms with E-state index in [0.29, 0.717) is 12.5 Å². The van der Waals surface area contributed by atoms with Gasteiger partial charge in [0.2, 0.25) is 5.91 Å². The summed E-state index contributed by atoms with van der Waals surface area (Å²) in [7, 11) is -1.08. The Balaban J connectivity index is 1.26. The summed E-state index contributed by atoms with van der Waals surface area (Å²) in [5.41, 5.74) is -0.440. The van der Waals surface area contributed by atoms with E-state index >= 15 is 0 Å². The van der Waals surface area contributed by atoms with Crippen molar-refractivity contribution < 1.29 is 18.6 Å². The number of anilines is 1. The van der Waals surface area contributed by atoms with Gasteiger partial charge in [-0.15, -0.1) is 0 Å². The minimum absolute atomic E-state index is 0.00162. The summed E-state index contributed by atoms with van der Waals surface area (Å²) >= 11 is 0. The zero-order chi connectivity index (χ0) is 22.5. The van der Waals surface area contributed by atoms with E-state index in [1.54, 1.807) is 26.1 Å². The summed E-state index contributed by atoms with van der Waals surface area (Å²) in [6, 6.07) is 2.15. The van der Waals surface area contributed by atoms with Gasteiger partial charge >= 0.3 is 5.69 Å². The quantitative estimate of drug-likeness (QED) is 0.643. The third kappa shape index (κ3) is 3.92. The summed E-state index contributed by atoms with van der Waals surface area (Å²) in [5.74, 6) is -0.0967. The van der Waals surface area contributed by atoms with Crippen molar-refractivity contribution in [2.45, 2.75) is 95.8 Å². The van der Waals surface area contributed by atoms with E-state index in [4.69, 9.17) is 13.8 Å². The normalized spacial score (nSPS) is 33.6. The van der Waals surface area contributed by atoms with Crippen LogP contribution in [0.15, 0.2) is 17.1 Å². The summed E-state index contributed by atoms with van der Waals surface area (Å²) < 4.78 is 23.2. The van der Waals surface area contributed by atoms with Crippen molar-refractivity contribution in [3.05, 3.63) is 22.7 Å². The number of carbonyl (C=O) groups excluding carboxylic acids is 1. The van der Waals surface area contributed by atoms with Gasteiger partial charge in [0, 0.05) is 31.1 Å². The van der Waals surface area contributed by atoms with E-state index in [1.807, 2.05) is 0 Å². The van der Waals surface area contributed by atoms with Gasteiger partial charge < -0.3 is 19.1 Å². The number of rotatable bonds is 6. The molecule has 10 heteroatoms. The molecule has 4 aliphatic rings. The number of amides is 1. The van der Waals surface area contributed by atoms with Gasteiger partial charge in [-0.25, -0.2) is 9.46 Å². The van der Waals surface area contributed by atoms with E-state index in [-0.39, 0.29) is 35.5 Å². The highest BCUT2D eigenvalue weighted by Crippen LogP contribution is 2.66. The second-order valence-corrected chi connectivity index (χ2v) is 11.0. The minimum Gasteiger partial charge on any atom is -0.352 e. The first-order chi connectivity index (χ1) is 15.4. The van der Waals surface area contributed by atoms with Crippen LogP contribution in [0, 0.1) is 5.92 Å². The lowest BCUT2D eigenvalue weighted by Crippen LogP contribution is -2.51. The van der Waals surface area contributed by atoms with Crippen LogP contribution in [0.5, 0.6) is 0 Å². The molecule has 4 fully saturated rings. The summed E-state index contributed by atoms with van der Waals surface area (Å²) in [6.07, 6.45) is 8.30. The van der Waals surface area contributed by atoms with Crippen molar-refractivity contribution >= 4 is 20.3 Å². The molecule has 0 bridgehead atoms. The monoisotopic (exact) mass is 464 g/mol. The molecular weight excluding hydrogens is 431 g/mol. The maximum Gasteiger partial charge on any atom is 0.351 e. The molecule has 4 heterocycles. The predicted octanol–water partition coefficient (Wildman–Crippen LogP) is 3.56. The molecule has 5 rings (SSSR count). The van der Waals surface area contributed by atoms with Crippen LogP contribution in [0.3, 0.4) is 0 Å². The van der Waals surface area contributed by atoms with Crippen molar-refractivity contribution in [1.29, 1.82) is 0 Å². The number of nitrogens with one attached hydrogen (secondary N) is 1. The van der Waals surface area contributed by atoms with Gasteiger partial charge in [0.05, 0.1) is 17.8 Å². The van der Waals surface area contributed by atoms with Crippen LogP contribution < -0.4 is 11.0 Å². The molecule has 3 saturated heterocycles. The number of fused-ring (bicyclic) bond motifs is 2. The molecule has 1 amide bonds. The zero-order valence-electron chi connectivity index (χ0n) is 19.0. The van der Waals surface area contributed by atoms with Gasteiger partial charge in [0.25, 0.3) is 8.53 Å². The van der Waals surface area contributed by atoms with Crippen molar-refractivity contribution in [2.24, 2.45) is 5.92 Å². The second-order valence-electron chi connectivity index (χ2n) is 9.63. The maximum absolute atomic E-state index is 12.6. The Morgan fingerprint density at radius 2 is 2.19 bits per heavy atom. The third-order valence-corrected chi connectivity index (χ3v) is 9.11. The first-order valence-corrected chi connectivity index (χ1v) is 13.0. The fourth-order valence-corrected chi connectivity index (χ4v) is 7.46. The molecule has 3 aliphatic heterocycles. The summed E-state index contributed by atoms with van der Waals surface area (Å²) in [6.45, 7) is 6.70. The molecule has 0 radical (unpaired) electrons. The molecule has 1 aromatic rings. The Morgan fingerprint density at radius 1 is 1.41 bits per heavy atom. The molecule has 32 heavy (non-hydrogen) atoms. The Hall–Kier alpha value is -1.38. The second kappa shape index (κ2) is 8.76. The number of aromatic nitrogens is 2. The van der Waals surface area contributed by atoms with Gasteiger partial charge in [-0.1, -0.05) is 33.6 Å². The smallest absolute Gasteiger partial charge is 0.351 e. The predicted molar refractivity (Wildman–Crippen MR) is 120 cm³/mol. The lowest BCUT2D eigenvalue weighted by atomic mass is 9.86. The Bertz CT molecular complexity index is 918. The first kappa shape index (κ1) is 22.4. The van der Waals surface area contributed by atoms with E-state index in [0.717, 1.165) is 25.8 Å². The van der Waals surface area contributed by atoms with Gasteiger partial charge in [-0.2, -0.15) is 4.98 Å². The topological polar surface area (TPSA) is 94.9 Å². The first-order valence-electron chi connectivity index (χ1n) is 11.9. The van der Waals surface area contributed by atoms with Crippen LogP contribution in [0.4, 0.5) is 5.82 Å². The molecular formula is C22H33N4O5P. The van der Waals surface area contributed by atoms with E-state index in [1.165, 1.54) is 23.8 Å². The van der Waals surface area contributed by atoms with Crippen LogP contribution in [-0.4, -0.2) is 50.5 Å². The molecule has 0 aromatic carbocycles. The Morgan fingerprint density at radius 3 is 2.81 bits per heavy atom. The van der Waals surface area contributed by atoms with E-state index in [2.05, 4.69) is 21.9 Å². The number of nitrogens with zero attached hydrogens (tertiary/aromatic N) is 3. The molecule has 1 aliphatic carbocycles. The Kier molecular flexibility index (Phi) is 6.14. The van der Waals surface area contributed by atoms with Gasteiger partial charge in [0.15, 0.2) is 0 Å². The van der Waals surface area contributed by atoms with Crippen molar-refractivity contribution in [3.63, 3.8) is 0 Å². The van der Waals surface area contributed by atoms with Gasteiger partial charge in [0.1, 0.15) is 12.0 Å². The minimum atomic E-state index is -1.08. The molecule has 2 unspecified atom stereocenters. The van der Waals surface area contributed by atoms with E-state index < -0.39 is 20.4 Å². The standard InChI is InChI=1S/C22H33N4O5P/c1-4-15-16(30-32-26-12-7-17(26)22(31-32)9-5-6-10-22)13-19(29-15)25-11-8-18(24-21(25)28)23-20(27)14(2)3/h8,11,14-17,19H,4-7,9-10,12-13H2,1-3H3,(H,23,24,27,28)/t15-,16?,17+,19-,32?/m1/s1. The van der Waals surface area contributed by atoms with Crippen LogP contribution in [-0.2, 0) is 18.6 Å². The summed E-state index contributed by atoms with van der Waals surface area (Å²) in [5, 5.41) is 2.67. The molecule has 9 nitrogen and oxygen atoms in total. The highest BCUT2D eigenvalue weighted by atomic mass is 31.2. The molecule has 176 valence electrons. The lowest BCUT2D eigenvalue weighted by Gasteiger charge is -2.40. The third-order valence-electron chi connectivity index (χ3n) is 7.24. The van der Waals surface area contributed by atoms with Crippen LogP contribution in [0.25, 0.3) is 0 Å². The van der Waals surface area contributed by atoms with Crippen LogP contribution >= 0.6 is 8.53 Å². The molecule has 1 spiro atoms. The molecule has 1 aromatic heterocycles. The van der Waals surface area contributed by atoms with E-state index in [9.17, 15) is 9.59 Å². The number of hydrogen-bond acceptors (Lipinski definition) is 7. The number of hydrogen-bond donors (Lipinski definition) is 1. The van der Waals surface area contributed by atoms with Crippen molar-refractivity contribution in [3.8, 4) is 0 Å². The largest absolute Gasteiger partial charge is 0.352 e. The SMILES string of the molecule is CC[C@H]1O[C@@H](n2ccc(NC(=O)C(C)C)nc2=O)CC1OP1OC2(CCCC2)[C@@H]2CCN21.